The Morgan fingerprint density at radius 2 is 2.18 bits per heavy atom. The lowest BCUT2D eigenvalue weighted by Crippen LogP contribution is -2.29. The Labute approximate surface area is 105 Å². The number of carbonyl (C=O) groups is 1. The fourth-order valence-electron chi connectivity index (χ4n) is 1.31. The first-order valence-electron chi connectivity index (χ1n) is 5.33. The predicted molar refractivity (Wildman–Crippen MR) is 65.8 cm³/mol. The highest BCUT2D eigenvalue weighted by molar-refractivity contribution is 7.08. The van der Waals surface area contributed by atoms with Crippen LogP contribution in [0.25, 0.3) is 0 Å². The van der Waals surface area contributed by atoms with Crippen LogP contribution in [0.4, 0.5) is 0 Å². The highest BCUT2D eigenvalue weighted by atomic mass is 32.1. The van der Waals surface area contributed by atoms with Crippen LogP contribution in [0.2, 0.25) is 0 Å². The number of nitrogens with zero attached hydrogens (tertiary/aromatic N) is 4. The van der Waals surface area contributed by atoms with E-state index in [2.05, 4.69) is 9.59 Å². The Morgan fingerprint density at radius 3 is 2.71 bits per heavy atom. The molecular weight excluding hydrogens is 236 g/mol. The van der Waals surface area contributed by atoms with Crippen molar-refractivity contribution in [1.82, 2.24) is 14.5 Å². The van der Waals surface area contributed by atoms with Gasteiger partial charge in [0.05, 0.1) is 18.2 Å². The van der Waals surface area contributed by atoms with Gasteiger partial charge in [-0.3, -0.25) is 4.79 Å². The summed E-state index contributed by atoms with van der Waals surface area (Å²) in [5.74, 6) is -0.111. The van der Waals surface area contributed by atoms with Crippen LogP contribution in [0.1, 0.15) is 42.6 Å². The molecule has 0 aromatic carbocycles. The second-order valence-corrected chi connectivity index (χ2v) is 5.59. The Kier molecular flexibility index (Phi) is 4.18. The van der Waals surface area contributed by atoms with Crippen molar-refractivity contribution in [3.8, 4) is 6.07 Å². The van der Waals surface area contributed by atoms with Gasteiger partial charge in [-0.05, 0) is 11.5 Å². The number of nitriles is 1. The molecule has 0 aliphatic heterocycles. The van der Waals surface area contributed by atoms with E-state index in [1.165, 1.54) is 4.90 Å². The molecule has 0 saturated heterocycles. The summed E-state index contributed by atoms with van der Waals surface area (Å²) < 4.78 is 3.85. The molecule has 0 saturated carbocycles. The van der Waals surface area contributed by atoms with Crippen LogP contribution < -0.4 is 0 Å². The van der Waals surface area contributed by atoms with Crippen molar-refractivity contribution in [3.63, 3.8) is 0 Å². The summed E-state index contributed by atoms with van der Waals surface area (Å²) in [5, 5.41) is 12.5. The molecule has 0 unspecified atom stereocenters. The van der Waals surface area contributed by atoms with Gasteiger partial charge in [-0.1, -0.05) is 25.3 Å². The fourth-order valence-corrected chi connectivity index (χ4v) is 2.19. The molecule has 0 atom stereocenters. The lowest BCUT2D eigenvalue weighted by Gasteiger charge is -2.19. The molecule has 92 valence electrons. The third-order valence-electron chi connectivity index (χ3n) is 2.30. The Morgan fingerprint density at radius 1 is 1.53 bits per heavy atom. The lowest BCUT2D eigenvalue weighted by atomic mass is 9.91. The van der Waals surface area contributed by atoms with Crippen molar-refractivity contribution in [2.75, 3.05) is 13.6 Å². The van der Waals surface area contributed by atoms with E-state index in [1.54, 1.807) is 7.05 Å². The molecule has 0 spiro atoms. The minimum atomic E-state index is -0.200. The smallest absolute Gasteiger partial charge is 0.267 e. The van der Waals surface area contributed by atoms with Gasteiger partial charge in [-0.15, -0.1) is 5.10 Å². The summed E-state index contributed by atoms with van der Waals surface area (Å²) in [6.45, 7) is 6.41. The summed E-state index contributed by atoms with van der Waals surface area (Å²) in [7, 11) is 1.69. The quantitative estimate of drug-likeness (QED) is 0.822. The van der Waals surface area contributed by atoms with E-state index in [0.717, 1.165) is 17.2 Å². The van der Waals surface area contributed by atoms with Crippen molar-refractivity contribution >= 4 is 17.4 Å². The third kappa shape index (κ3) is 3.24. The van der Waals surface area contributed by atoms with Gasteiger partial charge in [0, 0.05) is 19.0 Å². The molecule has 17 heavy (non-hydrogen) atoms. The van der Waals surface area contributed by atoms with Crippen molar-refractivity contribution in [2.45, 2.75) is 32.6 Å². The Balaban J connectivity index is 2.91. The fraction of sp³-hybridized carbons (Fsp3) is 0.636. The van der Waals surface area contributed by atoms with Gasteiger partial charge < -0.3 is 4.90 Å². The molecule has 1 rings (SSSR count). The molecule has 1 heterocycles. The lowest BCUT2D eigenvalue weighted by molar-refractivity contribution is 0.0800. The second-order valence-electron chi connectivity index (χ2n) is 4.84. The molecular formula is C11H16N4OS. The minimum Gasteiger partial charge on any atom is -0.340 e. The molecule has 1 aromatic rings. The molecule has 0 aliphatic rings. The SMILES string of the molecule is CN(CCC#N)C(=O)c1snnc1C(C)(C)C. The molecule has 0 aliphatic carbocycles. The van der Waals surface area contributed by atoms with Crippen molar-refractivity contribution < 1.29 is 4.79 Å². The van der Waals surface area contributed by atoms with E-state index in [-0.39, 0.29) is 11.3 Å². The average Bonchev–Trinajstić information content (AvgIpc) is 2.73. The molecule has 0 fully saturated rings. The van der Waals surface area contributed by atoms with Crippen LogP contribution in [0.15, 0.2) is 0 Å². The van der Waals surface area contributed by atoms with Crippen molar-refractivity contribution in [3.05, 3.63) is 10.6 Å². The number of hydrogen-bond acceptors (Lipinski definition) is 5. The first kappa shape index (κ1) is 13.6. The number of hydrogen-bond donors (Lipinski definition) is 0. The third-order valence-corrected chi connectivity index (χ3v) is 3.01. The van der Waals surface area contributed by atoms with E-state index in [4.69, 9.17) is 5.26 Å². The predicted octanol–water partition coefficient (Wildman–Crippen LogP) is 1.82. The zero-order valence-corrected chi connectivity index (χ0v) is 11.3. The molecule has 5 nitrogen and oxygen atoms in total. The first-order valence-corrected chi connectivity index (χ1v) is 6.10. The van der Waals surface area contributed by atoms with Crippen LogP contribution in [0.5, 0.6) is 0 Å². The highest BCUT2D eigenvalue weighted by Gasteiger charge is 2.27. The van der Waals surface area contributed by atoms with Gasteiger partial charge >= 0.3 is 0 Å². The molecule has 0 radical (unpaired) electrons. The monoisotopic (exact) mass is 252 g/mol. The van der Waals surface area contributed by atoms with Gasteiger partial charge in [0.25, 0.3) is 5.91 Å². The van der Waals surface area contributed by atoms with Gasteiger partial charge in [0.2, 0.25) is 0 Å². The minimum absolute atomic E-state index is 0.111. The van der Waals surface area contributed by atoms with Crippen molar-refractivity contribution in [2.24, 2.45) is 0 Å². The maximum atomic E-state index is 12.1. The summed E-state index contributed by atoms with van der Waals surface area (Å²) >= 11 is 1.11. The van der Waals surface area contributed by atoms with E-state index < -0.39 is 0 Å². The van der Waals surface area contributed by atoms with E-state index >= 15 is 0 Å². The van der Waals surface area contributed by atoms with Gasteiger partial charge in [-0.2, -0.15) is 5.26 Å². The first-order chi connectivity index (χ1) is 7.88. The number of carbonyl (C=O) groups excluding carboxylic acids is 1. The second kappa shape index (κ2) is 5.23. The number of amides is 1. The number of aromatic nitrogens is 2. The van der Waals surface area contributed by atoms with E-state index in [9.17, 15) is 4.79 Å². The van der Waals surface area contributed by atoms with Crippen LogP contribution in [0.3, 0.4) is 0 Å². The van der Waals surface area contributed by atoms with Gasteiger partial charge in [-0.25, -0.2) is 0 Å². The Hall–Kier alpha value is -1.48. The number of rotatable bonds is 3. The summed E-state index contributed by atoms with van der Waals surface area (Å²) in [6.07, 6.45) is 0.333. The molecule has 1 amide bonds. The average molecular weight is 252 g/mol. The normalized spacial score (nSPS) is 11.0. The van der Waals surface area contributed by atoms with Gasteiger partial charge in [0.15, 0.2) is 0 Å². The van der Waals surface area contributed by atoms with Crippen LogP contribution in [-0.4, -0.2) is 34.0 Å². The molecule has 0 bridgehead atoms. The summed E-state index contributed by atoms with van der Waals surface area (Å²) in [5.41, 5.74) is 0.518. The summed E-state index contributed by atoms with van der Waals surface area (Å²) in [4.78, 5) is 14.2. The van der Waals surface area contributed by atoms with E-state index in [0.29, 0.717) is 17.8 Å². The molecule has 0 N–H and O–H groups in total. The largest absolute Gasteiger partial charge is 0.340 e. The topological polar surface area (TPSA) is 69.9 Å². The maximum absolute atomic E-state index is 12.1. The summed E-state index contributed by atoms with van der Waals surface area (Å²) in [6, 6.07) is 2.02. The van der Waals surface area contributed by atoms with Crippen LogP contribution in [-0.2, 0) is 5.41 Å². The van der Waals surface area contributed by atoms with Crippen molar-refractivity contribution in [1.29, 1.82) is 5.26 Å². The molecule has 6 heteroatoms. The molecule has 1 aromatic heterocycles. The highest BCUT2D eigenvalue weighted by Crippen LogP contribution is 2.26. The zero-order chi connectivity index (χ0) is 13.1. The van der Waals surface area contributed by atoms with Crippen LogP contribution in [0, 0.1) is 11.3 Å². The maximum Gasteiger partial charge on any atom is 0.267 e. The zero-order valence-electron chi connectivity index (χ0n) is 10.5. The van der Waals surface area contributed by atoms with Gasteiger partial charge in [0.1, 0.15) is 4.88 Å². The van der Waals surface area contributed by atoms with Crippen LogP contribution >= 0.6 is 11.5 Å². The van der Waals surface area contributed by atoms with E-state index in [1.807, 2.05) is 26.8 Å². The Bertz CT molecular complexity index is 441. The standard InChI is InChI=1S/C11H16N4OS/c1-11(2,3)9-8(17-14-13-9)10(16)15(4)7-5-6-12/h5,7H2,1-4H3.